The Morgan fingerprint density at radius 1 is 1.41 bits per heavy atom. The van der Waals surface area contributed by atoms with Gasteiger partial charge in [-0.25, -0.2) is 4.98 Å². The zero-order valence-corrected chi connectivity index (χ0v) is 11.7. The minimum atomic E-state index is 0.692. The molecule has 1 saturated heterocycles. The Hall–Kier alpha value is -0.610. The SMILES string of the molecule is Cc1csc(NCC(C)CN2CCCCC2)n1. The fraction of sp³-hybridized carbons (Fsp3) is 0.769. The summed E-state index contributed by atoms with van der Waals surface area (Å²) in [6.45, 7) is 9.20. The van der Waals surface area contributed by atoms with Crippen molar-refractivity contribution in [2.75, 3.05) is 31.5 Å². The Labute approximate surface area is 108 Å². The van der Waals surface area contributed by atoms with E-state index in [0.29, 0.717) is 5.92 Å². The van der Waals surface area contributed by atoms with Crippen LogP contribution < -0.4 is 5.32 Å². The zero-order chi connectivity index (χ0) is 12.1. The number of aromatic nitrogens is 1. The lowest BCUT2D eigenvalue weighted by molar-refractivity contribution is 0.204. The van der Waals surface area contributed by atoms with E-state index in [1.807, 2.05) is 6.92 Å². The smallest absolute Gasteiger partial charge is 0.182 e. The molecule has 17 heavy (non-hydrogen) atoms. The first-order chi connectivity index (χ1) is 8.24. The van der Waals surface area contributed by atoms with Gasteiger partial charge in [-0.1, -0.05) is 13.3 Å². The molecule has 1 unspecified atom stereocenters. The van der Waals surface area contributed by atoms with Gasteiger partial charge in [-0.15, -0.1) is 11.3 Å². The van der Waals surface area contributed by atoms with Gasteiger partial charge in [0.05, 0.1) is 5.69 Å². The van der Waals surface area contributed by atoms with E-state index in [1.165, 1.54) is 38.9 Å². The van der Waals surface area contributed by atoms with E-state index in [1.54, 1.807) is 11.3 Å². The van der Waals surface area contributed by atoms with Gasteiger partial charge in [0.15, 0.2) is 5.13 Å². The summed E-state index contributed by atoms with van der Waals surface area (Å²) in [5, 5.41) is 6.59. The van der Waals surface area contributed by atoms with Crippen LogP contribution >= 0.6 is 11.3 Å². The molecule has 0 aliphatic carbocycles. The summed E-state index contributed by atoms with van der Waals surface area (Å²) in [6.07, 6.45) is 4.18. The van der Waals surface area contributed by atoms with E-state index in [2.05, 4.69) is 27.5 Å². The van der Waals surface area contributed by atoms with Crippen LogP contribution in [-0.2, 0) is 0 Å². The molecule has 2 heterocycles. The summed E-state index contributed by atoms with van der Waals surface area (Å²) in [4.78, 5) is 7.02. The summed E-state index contributed by atoms with van der Waals surface area (Å²) >= 11 is 1.70. The standard InChI is InChI=1S/C13H23N3S/c1-11(9-16-6-4-3-5-7-16)8-14-13-15-12(2)10-17-13/h10-11H,3-9H2,1-2H3,(H,14,15). The highest BCUT2D eigenvalue weighted by atomic mass is 32.1. The van der Waals surface area contributed by atoms with Gasteiger partial charge in [-0.2, -0.15) is 0 Å². The van der Waals surface area contributed by atoms with Crippen molar-refractivity contribution in [3.63, 3.8) is 0 Å². The second kappa shape index (κ2) is 6.36. The van der Waals surface area contributed by atoms with Crippen LogP contribution in [0.5, 0.6) is 0 Å². The molecule has 0 radical (unpaired) electrons. The van der Waals surface area contributed by atoms with Gasteiger partial charge in [0.2, 0.25) is 0 Å². The number of nitrogens with zero attached hydrogens (tertiary/aromatic N) is 2. The van der Waals surface area contributed by atoms with Crippen molar-refractivity contribution in [2.45, 2.75) is 33.1 Å². The van der Waals surface area contributed by atoms with Gasteiger partial charge >= 0.3 is 0 Å². The molecule has 1 aromatic rings. The van der Waals surface area contributed by atoms with E-state index in [4.69, 9.17) is 0 Å². The van der Waals surface area contributed by atoms with E-state index in [9.17, 15) is 0 Å². The fourth-order valence-corrected chi connectivity index (χ4v) is 3.04. The second-order valence-electron chi connectivity index (χ2n) is 5.14. The molecule has 2 rings (SSSR count). The van der Waals surface area contributed by atoms with Crippen LogP contribution in [0.3, 0.4) is 0 Å². The molecule has 0 saturated carbocycles. The summed E-state index contributed by atoms with van der Waals surface area (Å²) < 4.78 is 0. The van der Waals surface area contributed by atoms with Gasteiger partial charge in [-0.05, 0) is 38.8 Å². The van der Waals surface area contributed by atoms with Gasteiger partial charge in [0.1, 0.15) is 0 Å². The number of aryl methyl sites for hydroxylation is 1. The van der Waals surface area contributed by atoms with E-state index in [0.717, 1.165) is 17.4 Å². The molecule has 1 aliphatic rings. The highest BCUT2D eigenvalue weighted by Crippen LogP contribution is 2.15. The number of likely N-dealkylation sites (tertiary alicyclic amines) is 1. The average molecular weight is 253 g/mol. The minimum Gasteiger partial charge on any atom is -0.361 e. The Morgan fingerprint density at radius 3 is 2.82 bits per heavy atom. The van der Waals surface area contributed by atoms with Crippen molar-refractivity contribution >= 4 is 16.5 Å². The molecular weight excluding hydrogens is 230 g/mol. The summed E-state index contributed by atoms with van der Waals surface area (Å²) in [5.74, 6) is 0.692. The number of thiazole rings is 1. The molecule has 1 aromatic heterocycles. The highest BCUT2D eigenvalue weighted by molar-refractivity contribution is 7.13. The molecule has 0 spiro atoms. The molecule has 1 atom stereocenters. The predicted molar refractivity (Wildman–Crippen MR) is 74.8 cm³/mol. The normalized spacial score (nSPS) is 19.2. The van der Waals surface area contributed by atoms with Crippen LogP contribution in [0, 0.1) is 12.8 Å². The van der Waals surface area contributed by atoms with Gasteiger partial charge in [-0.3, -0.25) is 0 Å². The lowest BCUT2D eigenvalue weighted by Crippen LogP contribution is -2.35. The topological polar surface area (TPSA) is 28.2 Å². The van der Waals surface area contributed by atoms with Crippen LogP contribution in [0.2, 0.25) is 0 Å². The molecule has 1 aliphatic heterocycles. The minimum absolute atomic E-state index is 0.692. The van der Waals surface area contributed by atoms with Crippen LogP contribution in [-0.4, -0.2) is 36.1 Å². The highest BCUT2D eigenvalue weighted by Gasteiger charge is 2.13. The van der Waals surface area contributed by atoms with Gasteiger partial charge in [0.25, 0.3) is 0 Å². The van der Waals surface area contributed by atoms with Gasteiger partial charge < -0.3 is 10.2 Å². The van der Waals surface area contributed by atoms with Crippen molar-refractivity contribution in [1.29, 1.82) is 0 Å². The summed E-state index contributed by atoms with van der Waals surface area (Å²) in [6, 6.07) is 0. The van der Waals surface area contributed by atoms with Crippen molar-refractivity contribution in [2.24, 2.45) is 5.92 Å². The molecular formula is C13H23N3S. The van der Waals surface area contributed by atoms with E-state index >= 15 is 0 Å². The van der Waals surface area contributed by atoms with E-state index in [-0.39, 0.29) is 0 Å². The fourth-order valence-electron chi connectivity index (χ4n) is 2.34. The molecule has 0 amide bonds. The Balaban J connectivity index is 1.68. The van der Waals surface area contributed by atoms with Crippen molar-refractivity contribution < 1.29 is 0 Å². The number of hydrogen-bond acceptors (Lipinski definition) is 4. The summed E-state index contributed by atoms with van der Waals surface area (Å²) in [5.41, 5.74) is 1.11. The third kappa shape index (κ3) is 4.28. The predicted octanol–water partition coefficient (Wildman–Crippen LogP) is 2.99. The molecule has 4 heteroatoms. The zero-order valence-electron chi connectivity index (χ0n) is 10.9. The monoisotopic (exact) mass is 253 g/mol. The van der Waals surface area contributed by atoms with Crippen LogP contribution in [0.1, 0.15) is 31.9 Å². The maximum atomic E-state index is 4.42. The maximum Gasteiger partial charge on any atom is 0.182 e. The molecule has 0 aromatic carbocycles. The molecule has 1 N–H and O–H groups in total. The average Bonchev–Trinajstić information content (AvgIpc) is 2.74. The van der Waals surface area contributed by atoms with Crippen LogP contribution in [0.25, 0.3) is 0 Å². The van der Waals surface area contributed by atoms with Crippen LogP contribution in [0.15, 0.2) is 5.38 Å². The third-order valence-corrected chi connectivity index (χ3v) is 4.16. The number of anilines is 1. The lowest BCUT2D eigenvalue weighted by atomic mass is 10.1. The van der Waals surface area contributed by atoms with Crippen molar-refractivity contribution in [3.8, 4) is 0 Å². The van der Waals surface area contributed by atoms with E-state index < -0.39 is 0 Å². The third-order valence-electron chi connectivity index (χ3n) is 3.24. The quantitative estimate of drug-likeness (QED) is 0.874. The number of rotatable bonds is 5. The number of hydrogen-bond donors (Lipinski definition) is 1. The molecule has 96 valence electrons. The largest absolute Gasteiger partial charge is 0.361 e. The first kappa shape index (κ1) is 12.8. The second-order valence-corrected chi connectivity index (χ2v) is 6.00. The molecule has 3 nitrogen and oxygen atoms in total. The van der Waals surface area contributed by atoms with Crippen molar-refractivity contribution in [1.82, 2.24) is 9.88 Å². The Bertz CT molecular complexity index is 331. The van der Waals surface area contributed by atoms with Crippen molar-refractivity contribution in [3.05, 3.63) is 11.1 Å². The van der Waals surface area contributed by atoms with Crippen LogP contribution in [0.4, 0.5) is 5.13 Å². The molecule has 1 fully saturated rings. The lowest BCUT2D eigenvalue weighted by Gasteiger charge is -2.29. The number of piperidine rings is 1. The first-order valence-corrected chi connectivity index (χ1v) is 7.50. The maximum absolute atomic E-state index is 4.42. The molecule has 0 bridgehead atoms. The number of nitrogens with one attached hydrogen (secondary N) is 1. The Kier molecular flexibility index (Phi) is 4.80. The Morgan fingerprint density at radius 2 is 2.18 bits per heavy atom. The van der Waals surface area contributed by atoms with Gasteiger partial charge in [0, 0.05) is 18.5 Å². The first-order valence-electron chi connectivity index (χ1n) is 6.62. The summed E-state index contributed by atoms with van der Waals surface area (Å²) in [7, 11) is 0.